The van der Waals surface area contributed by atoms with Crippen LogP contribution in [0.4, 0.5) is 0 Å². The first kappa shape index (κ1) is 29.4. The molecule has 0 heterocycles. The van der Waals surface area contributed by atoms with Gasteiger partial charge in [-0.2, -0.15) is 0 Å². The number of hydrogen-bond donors (Lipinski definition) is 2. The third-order valence-corrected chi connectivity index (χ3v) is 5.84. The van der Waals surface area contributed by atoms with Crippen LogP contribution in [0.25, 0.3) is 0 Å². The first-order chi connectivity index (χ1) is 14.7. The van der Waals surface area contributed by atoms with Gasteiger partial charge in [0.15, 0.2) is 0 Å². The predicted octanol–water partition coefficient (Wildman–Crippen LogP) is 6.93. The zero-order valence-corrected chi connectivity index (χ0v) is 20.4. The molecule has 0 aliphatic carbocycles. The normalized spacial score (nSPS) is 12.2. The molecule has 0 spiro atoms. The molecular weight excluding hydrogens is 374 g/mol. The summed E-state index contributed by atoms with van der Waals surface area (Å²) in [5, 5.41) is 12.4. The molecule has 0 bridgehead atoms. The number of carbonyl (C=O) groups excluding carboxylic acids is 1. The van der Waals surface area contributed by atoms with Crippen molar-refractivity contribution in [2.24, 2.45) is 0 Å². The van der Waals surface area contributed by atoms with Crippen LogP contribution in [-0.2, 0) is 9.53 Å². The molecule has 0 rings (SSSR count). The summed E-state index contributed by atoms with van der Waals surface area (Å²) in [6, 6.07) is 0. The Morgan fingerprint density at radius 2 is 1.13 bits per heavy atom. The second kappa shape index (κ2) is 24.7. The van der Waals surface area contributed by atoms with Crippen LogP contribution in [-0.4, -0.2) is 36.9 Å². The Morgan fingerprint density at radius 3 is 1.60 bits per heavy atom. The number of aliphatic hydroxyl groups excluding tert-OH is 1. The van der Waals surface area contributed by atoms with E-state index in [1.165, 1.54) is 96.3 Å². The fraction of sp³-hybridized carbons (Fsp3) is 0.962. The molecule has 0 radical (unpaired) electrons. The summed E-state index contributed by atoms with van der Waals surface area (Å²) in [4.78, 5) is 12.0. The Kier molecular flexibility index (Phi) is 24.2. The molecule has 0 aromatic carbocycles. The van der Waals surface area contributed by atoms with Crippen LogP contribution in [0.5, 0.6) is 0 Å². The second-order valence-corrected chi connectivity index (χ2v) is 8.89. The highest BCUT2D eigenvalue weighted by molar-refractivity contribution is 5.75. The van der Waals surface area contributed by atoms with Crippen molar-refractivity contribution in [2.75, 3.05) is 19.8 Å². The number of amides is 1. The third kappa shape index (κ3) is 22.1. The molecule has 0 aromatic heterocycles. The van der Waals surface area contributed by atoms with Gasteiger partial charge in [-0.1, -0.05) is 117 Å². The summed E-state index contributed by atoms with van der Waals surface area (Å²) >= 11 is 0. The van der Waals surface area contributed by atoms with Crippen molar-refractivity contribution in [3.63, 3.8) is 0 Å². The van der Waals surface area contributed by atoms with E-state index in [4.69, 9.17) is 4.74 Å². The lowest BCUT2D eigenvalue weighted by Crippen LogP contribution is -2.35. The number of carbonyl (C=O) groups is 1. The highest BCUT2D eigenvalue weighted by Crippen LogP contribution is 2.11. The molecule has 4 nitrogen and oxygen atoms in total. The van der Waals surface area contributed by atoms with Crippen LogP contribution in [0.1, 0.15) is 136 Å². The van der Waals surface area contributed by atoms with E-state index in [0.29, 0.717) is 19.6 Å². The van der Waals surface area contributed by atoms with Crippen molar-refractivity contribution in [1.82, 2.24) is 5.32 Å². The van der Waals surface area contributed by atoms with Crippen molar-refractivity contribution < 1.29 is 14.6 Å². The minimum absolute atomic E-state index is 0.0320. The maximum absolute atomic E-state index is 12.0. The van der Waals surface area contributed by atoms with Crippen LogP contribution < -0.4 is 5.32 Å². The van der Waals surface area contributed by atoms with E-state index in [1.807, 2.05) is 0 Å². The van der Waals surface area contributed by atoms with E-state index in [9.17, 15) is 9.90 Å². The number of aliphatic hydroxyl groups is 1. The van der Waals surface area contributed by atoms with Crippen LogP contribution in [0.3, 0.4) is 0 Å². The molecule has 1 unspecified atom stereocenters. The number of ether oxygens (including phenoxy) is 1. The van der Waals surface area contributed by atoms with Gasteiger partial charge < -0.3 is 15.2 Å². The molecule has 0 fully saturated rings. The van der Waals surface area contributed by atoms with E-state index in [0.717, 1.165) is 19.3 Å². The van der Waals surface area contributed by atoms with E-state index in [-0.39, 0.29) is 18.6 Å². The van der Waals surface area contributed by atoms with Crippen LogP contribution in [0.15, 0.2) is 0 Å². The summed E-state index contributed by atoms with van der Waals surface area (Å²) in [5.41, 5.74) is 0. The summed E-state index contributed by atoms with van der Waals surface area (Å²) in [6.45, 7) is 5.57. The van der Waals surface area contributed by atoms with Crippen LogP contribution in [0.2, 0.25) is 0 Å². The molecule has 1 atom stereocenters. The first-order valence-corrected chi connectivity index (χ1v) is 13.2. The van der Waals surface area contributed by atoms with Gasteiger partial charge in [0.05, 0.1) is 12.7 Å². The number of hydrogen-bond acceptors (Lipinski definition) is 3. The van der Waals surface area contributed by atoms with Crippen molar-refractivity contribution in [2.45, 2.75) is 142 Å². The highest BCUT2D eigenvalue weighted by Gasteiger charge is 2.09. The Morgan fingerprint density at radius 1 is 0.700 bits per heavy atom. The van der Waals surface area contributed by atoms with Gasteiger partial charge in [-0.25, -0.2) is 0 Å². The van der Waals surface area contributed by atoms with Gasteiger partial charge in [-0.15, -0.1) is 0 Å². The molecule has 30 heavy (non-hydrogen) atoms. The van der Waals surface area contributed by atoms with Crippen molar-refractivity contribution in [3.05, 3.63) is 0 Å². The fourth-order valence-corrected chi connectivity index (χ4v) is 3.75. The van der Waals surface area contributed by atoms with Crippen molar-refractivity contribution in [1.29, 1.82) is 0 Å². The van der Waals surface area contributed by atoms with Gasteiger partial charge in [-0.3, -0.25) is 4.79 Å². The van der Waals surface area contributed by atoms with Gasteiger partial charge in [-0.05, 0) is 12.8 Å². The number of unbranched alkanes of at least 4 members (excludes halogenated alkanes) is 16. The average molecular weight is 428 g/mol. The lowest BCUT2D eigenvalue weighted by Gasteiger charge is -2.16. The van der Waals surface area contributed by atoms with Crippen LogP contribution >= 0.6 is 0 Å². The molecular formula is C26H53NO3. The molecule has 1 amide bonds. The molecule has 0 saturated heterocycles. The summed E-state index contributed by atoms with van der Waals surface area (Å²) < 4.78 is 5.73. The van der Waals surface area contributed by atoms with Gasteiger partial charge in [0, 0.05) is 19.6 Å². The average Bonchev–Trinajstić information content (AvgIpc) is 2.76. The smallest absolute Gasteiger partial charge is 0.220 e. The Bertz CT molecular complexity index is 349. The topological polar surface area (TPSA) is 58.6 Å². The Hall–Kier alpha value is -0.610. The zero-order valence-electron chi connectivity index (χ0n) is 20.4. The van der Waals surface area contributed by atoms with E-state index >= 15 is 0 Å². The zero-order chi connectivity index (χ0) is 22.1. The van der Waals surface area contributed by atoms with Crippen molar-refractivity contribution in [3.8, 4) is 0 Å². The number of rotatable bonds is 24. The minimum atomic E-state index is -0.272. The quantitative estimate of drug-likeness (QED) is 0.164. The van der Waals surface area contributed by atoms with Gasteiger partial charge in [0.25, 0.3) is 0 Å². The van der Waals surface area contributed by atoms with E-state index in [1.54, 1.807) is 0 Å². The van der Waals surface area contributed by atoms with Gasteiger partial charge in [0.2, 0.25) is 5.91 Å². The molecule has 0 aliphatic heterocycles. The standard InChI is InChI=1S/C26H53NO3/c1-3-5-7-9-11-13-15-17-19-21-26(29)27-23-25(24-28)30-22-20-18-16-14-12-10-8-6-4-2/h25,28H,3-24H2,1-2H3,(H,27,29). The molecule has 0 aromatic rings. The molecule has 0 saturated carbocycles. The fourth-order valence-electron chi connectivity index (χ4n) is 3.75. The monoisotopic (exact) mass is 427 g/mol. The van der Waals surface area contributed by atoms with E-state index < -0.39 is 0 Å². The second-order valence-electron chi connectivity index (χ2n) is 8.89. The highest BCUT2D eigenvalue weighted by atomic mass is 16.5. The SMILES string of the molecule is CCCCCCCCCCCOC(CO)CNC(=O)CCCCCCCCCCC. The van der Waals surface area contributed by atoms with Gasteiger partial charge >= 0.3 is 0 Å². The minimum Gasteiger partial charge on any atom is -0.394 e. The Balaban J connectivity index is 3.45. The predicted molar refractivity (Wildman–Crippen MR) is 129 cm³/mol. The summed E-state index contributed by atoms with van der Waals surface area (Å²) in [6.07, 6.45) is 23.3. The maximum Gasteiger partial charge on any atom is 0.220 e. The molecule has 2 N–H and O–H groups in total. The van der Waals surface area contributed by atoms with Gasteiger partial charge in [0.1, 0.15) is 0 Å². The summed E-state index contributed by atoms with van der Waals surface area (Å²) in [5.74, 6) is 0.0862. The lowest BCUT2D eigenvalue weighted by molar-refractivity contribution is -0.122. The molecule has 4 heteroatoms. The summed E-state index contributed by atoms with van der Waals surface area (Å²) in [7, 11) is 0. The molecule has 180 valence electrons. The van der Waals surface area contributed by atoms with Crippen molar-refractivity contribution >= 4 is 5.91 Å². The first-order valence-electron chi connectivity index (χ1n) is 13.2. The Labute approximate surface area is 187 Å². The molecule has 0 aliphatic rings. The number of nitrogens with one attached hydrogen (secondary N) is 1. The largest absolute Gasteiger partial charge is 0.394 e. The van der Waals surface area contributed by atoms with E-state index in [2.05, 4.69) is 19.2 Å². The van der Waals surface area contributed by atoms with Crippen LogP contribution in [0, 0.1) is 0 Å². The lowest BCUT2D eigenvalue weighted by atomic mass is 10.1. The maximum atomic E-state index is 12.0. The third-order valence-electron chi connectivity index (χ3n) is 5.84.